The minimum atomic E-state index is -0.318. The highest BCUT2D eigenvalue weighted by Crippen LogP contribution is 2.20. The van der Waals surface area contributed by atoms with Crippen LogP contribution in [-0.4, -0.2) is 12.6 Å². The maximum Gasteiger partial charge on any atom is 0.398 e. The van der Waals surface area contributed by atoms with Crippen LogP contribution in [0.3, 0.4) is 0 Å². The van der Waals surface area contributed by atoms with E-state index in [1.807, 2.05) is 0 Å². The Morgan fingerprint density at radius 2 is 2.50 bits per heavy atom. The first-order valence-corrected chi connectivity index (χ1v) is 4.38. The molecule has 0 amide bonds. The van der Waals surface area contributed by atoms with E-state index in [1.165, 1.54) is 0 Å². The number of allylic oxidation sites excluding steroid dienone is 4. The largest absolute Gasteiger partial charge is 0.452 e. The molecular formula is C9H8BrO2+. The van der Waals surface area contributed by atoms with E-state index in [9.17, 15) is 4.79 Å². The maximum atomic E-state index is 11.2. The maximum absolute atomic E-state index is 11.2. The molecule has 0 saturated heterocycles. The lowest BCUT2D eigenvalue weighted by molar-refractivity contribution is -0.138. The zero-order valence-corrected chi connectivity index (χ0v) is 8.22. The number of esters is 1. The molecule has 0 aromatic carbocycles. The Hall–Kier alpha value is -0.920. The second-order valence-corrected chi connectivity index (χ2v) is 2.91. The van der Waals surface area contributed by atoms with Crippen LogP contribution in [0.15, 0.2) is 28.3 Å². The molecule has 3 heteroatoms. The van der Waals surface area contributed by atoms with Gasteiger partial charge in [0.15, 0.2) is 10.1 Å². The second-order valence-electron chi connectivity index (χ2n) is 2.12. The van der Waals surface area contributed by atoms with Crippen LogP contribution < -0.4 is 0 Å². The van der Waals surface area contributed by atoms with Gasteiger partial charge in [-0.25, -0.2) is 4.79 Å². The van der Waals surface area contributed by atoms with Crippen molar-refractivity contribution < 1.29 is 9.53 Å². The minimum absolute atomic E-state index is 0.318. The predicted octanol–water partition coefficient (Wildman–Crippen LogP) is 2.13. The van der Waals surface area contributed by atoms with Crippen LogP contribution in [0.4, 0.5) is 0 Å². The van der Waals surface area contributed by atoms with Crippen LogP contribution in [0, 0.1) is 6.08 Å². The van der Waals surface area contributed by atoms with Gasteiger partial charge in [-0.15, -0.1) is 0 Å². The number of carbonyl (C=O) groups excluding carboxylic acids is 1. The van der Waals surface area contributed by atoms with Crippen molar-refractivity contribution in [2.75, 3.05) is 6.61 Å². The van der Waals surface area contributed by atoms with Crippen molar-refractivity contribution in [3.05, 3.63) is 34.4 Å². The van der Waals surface area contributed by atoms with Gasteiger partial charge in [-0.1, -0.05) is 0 Å². The fourth-order valence-electron chi connectivity index (χ4n) is 0.783. The Kier molecular flexibility index (Phi) is 3.20. The Labute approximate surface area is 79.7 Å². The zero-order valence-electron chi connectivity index (χ0n) is 6.63. The molecule has 1 rings (SSSR count). The van der Waals surface area contributed by atoms with Crippen molar-refractivity contribution in [1.82, 2.24) is 0 Å². The third-order valence-corrected chi connectivity index (χ3v) is 1.96. The fourth-order valence-corrected chi connectivity index (χ4v) is 1.21. The fraction of sp³-hybridized carbons (Fsp3) is 0.222. The topological polar surface area (TPSA) is 26.3 Å². The Morgan fingerprint density at radius 3 is 3.08 bits per heavy atom. The van der Waals surface area contributed by atoms with E-state index < -0.39 is 0 Å². The van der Waals surface area contributed by atoms with Gasteiger partial charge >= 0.3 is 5.97 Å². The molecule has 0 N–H and O–H groups in total. The summed E-state index contributed by atoms with van der Waals surface area (Å²) >= 11 is 3.21. The summed E-state index contributed by atoms with van der Waals surface area (Å²) in [6.45, 7) is 2.17. The van der Waals surface area contributed by atoms with E-state index in [0.717, 1.165) is 0 Å². The van der Waals surface area contributed by atoms with E-state index in [0.29, 0.717) is 16.7 Å². The van der Waals surface area contributed by atoms with Crippen molar-refractivity contribution in [3.63, 3.8) is 0 Å². The predicted molar refractivity (Wildman–Crippen MR) is 49.5 cm³/mol. The van der Waals surface area contributed by atoms with Crippen molar-refractivity contribution in [3.8, 4) is 0 Å². The number of carbonyl (C=O) groups is 1. The van der Waals surface area contributed by atoms with E-state index in [-0.39, 0.29) is 5.97 Å². The highest BCUT2D eigenvalue weighted by Gasteiger charge is 2.22. The van der Waals surface area contributed by atoms with E-state index in [4.69, 9.17) is 4.74 Å². The third-order valence-electron chi connectivity index (χ3n) is 1.30. The summed E-state index contributed by atoms with van der Waals surface area (Å²) in [6, 6.07) is 0. The SMILES string of the molecule is CCOC(=O)C1=CC=C[C+]=C1Br. The highest BCUT2D eigenvalue weighted by atomic mass is 79.9. The van der Waals surface area contributed by atoms with Crippen molar-refractivity contribution in [1.29, 1.82) is 0 Å². The average molecular weight is 228 g/mol. The molecular weight excluding hydrogens is 220 g/mol. The number of rotatable bonds is 2. The van der Waals surface area contributed by atoms with Crippen LogP contribution in [-0.2, 0) is 9.53 Å². The van der Waals surface area contributed by atoms with Gasteiger partial charge in [0.1, 0.15) is 6.08 Å². The average Bonchev–Trinajstić information content (AvgIpc) is 2.05. The summed E-state index contributed by atoms with van der Waals surface area (Å²) in [7, 11) is 0. The van der Waals surface area contributed by atoms with Gasteiger partial charge in [-0.2, -0.15) is 0 Å². The summed E-state index contributed by atoms with van der Waals surface area (Å²) in [5, 5.41) is 0. The molecule has 0 atom stereocenters. The van der Waals surface area contributed by atoms with Gasteiger partial charge in [0.25, 0.3) is 0 Å². The summed E-state index contributed by atoms with van der Waals surface area (Å²) < 4.78 is 5.46. The van der Waals surface area contributed by atoms with Crippen molar-refractivity contribution in [2.45, 2.75) is 6.92 Å². The van der Waals surface area contributed by atoms with Gasteiger partial charge in [-0.3, -0.25) is 0 Å². The van der Waals surface area contributed by atoms with Crippen LogP contribution in [0.5, 0.6) is 0 Å². The molecule has 0 fully saturated rings. The molecule has 2 nitrogen and oxygen atoms in total. The molecule has 0 heterocycles. The molecule has 0 saturated carbocycles. The minimum Gasteiger partial charge on any atom is -0.452 e. The molecule has 1 aliphatic rings. The van der Waals surface area contributed by atoms with Crippen LogP contribution in [0.2, 0.25) is 0 Å². The Bertz CT molecular complexity index is 274. The van der Waals surface area contributed by atoms with E-state index in [1.54, 1.807) is 25.2 Å². The lowest BCUT2D eigenvalue weighted by Gasteiger charge is -1.98. The van der Waals surface area contributed by atoms with Crippen LogP contribution in [0.1, 0.15) is 6.92 Å². The van der Waals surface area contributed by atoms with Crippen molar-refractivity contribution in [2.24, 2.45) is 0 Å². The smallest absolute Gasteiger partial charge is 0.398 e. The zero-order chi connectivity index (χ0) is 8.97. The summed E-state index contributed by atoms with van der Waals surface area (Å²) in [5.41, 5.74) is 0.513. The van der Waals surface area contributed by atoms with Gasteiger partial charge < -0.3 is 4.74 Å². The van der Waals surface area contributed by atoms with E-state index >= 15 is 0 Å². The molecule has 1 aliphatic carbocycles. The lowest BCUT2D eigenvalue weighted by atomic mass is 10.1. The monoisotopic (exact) mass is 227 g/mol. The Morgan fingerprint density at radius 1 is 1.75 bits per heavy atom. The number of ether oxygens (including phenoxy) is 1. The third kappa shape index (κ3) is 2.03. The van der Waals surface area contributed by atoms with Gasteiger partial charge in [-0.05, 0) is 22.9 Å². The van der Waals surface area contributed by atoms with E-state index in [2.05, 4.69) is 22.0 Å². The van der Waals surface area contributed by atoms with Gasteiger partial charge in [0.2, 0.25) is 0 Å². The molecule has 0 bridgehead atoms. The Balaban J connectivity index is 2.76. The molecule has 0 aromatic rings. The molecule has 62 valence electrons. The van der Waals surface area contributed by atoms with Gasteiger partial charge in [0, 0.05) is 6.08 Å². The molecule has 0 spiro atoms. The standard InChI is InChI=1S/C9H8BrO2/c1-2-12-9(11)7-5-3-4-6-8(7)10/h3-5H,2H2,1H3/q+1. The lowest BCUT2D eigenvalue weighted by Crippen LogP contribution is -2.08. The number of halogens is 1. The quantitative estimate of drug-likeness (QED) is 0.534. The highest BCUT2D eigenvalue weighted by molar-refractivity contribution is 9.12. The molecule has 0 aliphatic heterocycles. The molecule has 0 aromatic heterocycles. The summed E-state index contributed by atoms with van der Waals surface area (Å²) in [5.74, 6) is -0.318. The molecule has 0 unspecified atom stereocenters. The first-order valence-electron chi connectivity index (χ1n) is 3.59. The van der Waals surface area contributed by atoms with Crippen LogP contribution in [0.25, 0.3) is 0 Å². The molecule has 0 radical (unpaired) electrons. The van der Waals surface area contributed by atoms with Crippen LogP contribution >= 0.6 is 15.9 Å². The van der Waals surface area contributed by atoms with Gasteiger partial charge in [0.05, 0.1) is 18.8 Å². The van der Waals surface area contributed by atoms with Crippen molar-refractivity contribution >= 4 is 21.9 Å². The second kappa shape index (κ2) is 4.19. The summed E-state index contributed by atoms with van der Waals surface area (Å²) in [6.07, 6.45) is 8.02. The molecule has 12 heavy (non-hydrogen) atoms. The first kappa shape index (κ1) is 9.17. The normalized spacial score (nSPS) is 14.5. The number of hydrogen-bond acceptors (Lipinski definition) is 2. The first-order chi connectivity index (χ1) is 5.75. The number of hydrogen-bond donors (Lipinski definition) is 0. The summed E-state index contributed by atoms with van der Waals surface area (Å²) in [4.78, 5) is 11.2.